The Hall–Kier alpha value is -1.54. The monoisotopic (exact) mass is 274 g/mol. The number of hydrogen-bond donors (Lipinski definition) is 1. The molecule has 0 bridgehead atoms. The molecular weight excluding hydrogens is 264 g/mol. The molecule has 0 aliphatic heterocycles. The number of halogens is 1. The van der Waals surface area contributed by atoms with Crippen LogP contribution in [0.1, 0.15) is 11.1 Å². The smallest absolute Gasteiger partial charge is 0.130 e. The van der Waals surface area contributed by atoms with E-state index >= 15 is 0 Å². The van der Waals surface area contributed by atoms with Crippen LogP contribution < -0.4 is 0 Å². The van der Waals surface area contributed by atoms with Gasteiger partial charge in [-0.1, -0.05) is 48.6 Å². The van der Waals surface area contributed by atoms with E-state index in [2.05, 4.69) is 15.9 Å². The highest BCUT2D eigenvalue weighted by Crippen LogP contribution is 2.25. The van der Waals surface area contributed by atoms with E-state index in [-0.39, 0.29) is 5.75 Å². The van der Waals surface area contributed by atoms with Crippen LogP contribution in [0.2, 0.25) is 0 Å². The van der Waals surface area contributed by atoms with E-state index in [0.29, 0.717) is 4.47 Å². The van der Waals surface area contributed by atoms with Crippen molar-refractivity contribution in [2.45, 2.75) is 0 Å². The zero-order valence-electron chi connectivity index (χ0n) is 8.60. The first kappa shape index (κ1) is 11.0. The van der Waals surface area contributed by atoms with E-state index in [1.54, 1.807) is 6.07 Å². The van der Waals surface area contributed by atoms with Crippen molar-refractivity contribution in [1.82, 2.24) is 0 Å². The second kappa shape index (κ2) is 4.99. The maximum Gasteiger partial charge on any atom is 0.130 e. The molecule has 0 saturated heterocycles. The first-order valence-electron chi connectivity index (χ1n) is 4.97. The summed E-state index contributed by atoms with van der Waals surface area (Å²) in [5, 5.41) is 9.52. The fourth-order valence-electron chi connectivity index (χ4n) is 1.39. The van der Waals surface area contributed by atoms with Gasteiger partial charge in [0, 0.05) is 0 Å². The van der Waals surface area contributed by atoms with E-state index in [4.69, 9.17) is 0 Å². The lowest BCUT2D eigenvalue weighted by Gasteiger charge is -1.98. The summed E-state index contributed by atoms with van der Waals surface area (Å²) in [5.41, 5.74) is 2.12. The second-order valence-electron chi connectivity index (χ2n) is 3.45. The summed E-state index contributed by atoms with van der Waals surface area (Å²) in [4.78, 5) is 0. The van der Waals surface area contributed by atoms with Crippen LogP contribution >= 0.6 is 15.9 Å². The van der Waals surface area contributed by atoms with Gasteiger partial charge in [-0.25, -0.2) is 0 Å². The van der Waals surface area contributed by atoms with E-state index in [1.165, 1.54) is 0 Å². The number of hydrogen-bond acceptors (Lipinski definition) is 1. The van der Waals surface area contributed by atoms with E-state index in [1.807, 2.05) is 54.6 Å². The average Bonchev–Trinajstić information content (AvgIpc) is 2.32. The lowest BCUT2D eigenvalue weighted by Crippen LogP contribution is -1.74. The van der Waals surface area contributed by atoms with E-state index in [9.17, 15) is 5.11 Å². The molecule has 2 heteroatoms. The number of rotatable bonds is 2. The number of benzene rings is 2. The standard InChI is InChI=1S/C14H11BrO/c15-13-9-8-12(10-14(13)16)7-6-11-4-2-1-3-5-11/h1-10,16H/b7-6+. The molecule has 0 aliphatic carbocycles. The quantitative estimate of drug-likeness (QED) is 0.809. The lowest BCUT2D eigenvalue weighted by atomic mass is 10.1. The van der Waals surface area contributed by atoms with Crippen LogP contribution in [-0.4, -0.2) is 5.11 Å². The Kier molecular flexibility index (Phi) is 3.42. The van der Waals surface area contributed by atoms with Crippen LogP contribution in [0.4, 0.5) is 0 Å². The van der Waals surface area contributed by atoms with Crippen LogP contribution in [-0.2, 0) is 0 Å². The van der Waals surface area contributed by atoms with Gasteiger partial charge in [-0.3, -0.25) is 0 Å². The topological polar surface area (TPSA) is 20.2 Å². The molecule has 0 radical (unpaired) electrons. The van der Waals surface area contributed by atoms with Gasteiger partial charge in [-0.05, 0) is 39.2 Å². The molecule has 1 nitrogen and oxygen atoms in total. The SMILES string of the molecule is Oc1cc(/C=C/c2ccccc2)ccc1Br. The van der Waals surface area contributed by atoms with E-state index < -0.39 is 0 Å². The zero-order chi connectivity index (χ0) is 11.4. The van der Waals surface area contributed by atoms with Crippen molar-refractivity contribution in [2.24, 2.45) is 0 Å². The molecule has 0 spiro atoms. The average molecular weight is 275 g/mol. The number of aromatic hydroxyl groups is 1. The molecular formula is C14H11BrO. The molecule has 80 valence electrons. The fraction of sp³-hybridized carbons (Fsp3) is 0. The third-order valence-corrected chi connectivity index (χ3v) is 2.91. The Bertz CT molecular complexity index is 503. The van der Waals surface area contributed by atoms with Crippen LogP contribution in [0.25, 0.3) is 12.2 Å². The molecule has 1 N–H and O–H groups in total. The van der Waals surface area contributed by atoms with Gasteiger partial charge in [0.05, 0.1) is 4.47 Å². The predicted octanol–water partition coefficient (Wildman–Crippen LogP) is 4.33. The van der Waals surface area contributed by atoms with Crippen molar-refractivity contribution in [3.63, 3.8) is 0 Å². The van der Waals surface area contributed by atoms with Crippen molar-refractivity contribution < 1.29 is 5.11 Å². The Balaban J connectivity index is 2.21. The van der Waals surface area contributed by atoms with Crippen LogP contribution in [0.15, 0.2) is 53.0 Å². The largest absolute Gasteiger partial charge is 0.507 e. The number of phenolic OH excluding ortho intramolecular Hbond substituents is 1. The highest BCUT2D eigenvalue weighted by molar-refractivity contribution is 9.10. The fourth-order valence-corrected chi connectivity index (χ4v) is 1.64. The van der Waals surface area contributed by atoms with Crippen molar-refractivity contribution in [3.05, 3.63) is 64.1 Å². The summed E-state index contributed by atoms with van der Waals surface area (Å²) < 4.78 is 0.712. The normalized spacial score (nSPS) is 10.8. The summed E-state index contributed by atoms with van der Waals surface area (Å²) in [6, 6.07) is 15.6. The minimum Gasteiger partial charge on any atom is -0.507 e. The van der Waals surface area contributed by atoms with Gasteiger partial charge >= 0.3 is 0 Å². The van der Waals surface area contributed by atoms with Gasteiger partial charge in [-0.15, -0.1) is 0 Å². The Morgan fingerprint density at radius 2 is 1.56 bits per heavy atom. The van der Waals surface area contributed by atoms with Gasteiger partial charge < -0.3 is 5.11 Å². The number of phenols is 1. The Morgan fingerprint density at radius 1 is 0.875 bits per heavy atom. The van der Waals surface area contributed by atoms with Gasteiger partial charge in [-0.2, -0.15) is 0 Å². The molecule has 0 atom stereocenters. The first-order valence-corrected chi connectivity index (χ1v) is 5.76. The van der Waals surface area contributed by atoms with Gasteiger partial charge in [0.2, 0.25) is 0 Å². The van der Waals surface area contributed by atoms with Crippen LogP contribution in [0.5, 0.6) is 5.75 Å². The van der Waals surface area contributed by atoms with E-state index in [0.717, 1.165) is 11.1 Å². The second-order valence-corrected chi connectivity index (χ2v) is 4.31. The van der Waals surface area contributed by atoms with Gasteiger partial charge in [0.15, 0.2) is 0 Å². The summed E-state index contributed by atoms with van der Waals surface area (Å²) in [6.07, 6.45) is 3.99. The molecule has 2 rings (SSSR count). The van der Waals surface area contributed by atoms with Crippen molar-refractivity contribution >= 4 is 28.1 Å². The molecule has 0 unspecified atom stereocenters. The zero-order valence-corrected chi connectivity index (χ0v) is 10.2. The van der Waals surface area contributed by atoms with Crippen molar-refractivity contribution in [2.75, 3.05) is 0 Å². The Morgan fingerprint density at radius 3 is 2.25 bits per heavy atom. The molecule has 0 heterocycles. The molecule has 0 aromatic heterocycles. The van der Waals surface area contributed by atoms with Crippen molar-refractivity contribution in [3.8, 4) is 5.75 Å². The van der Waals surface area contributed by atoms with Crippen LogP contribution in [0.3, 0.4) is 0 Å². The molecule has 2 aromatic rings. The predicted molar refractivity (Wildman–Crippen MR) is 71.2 cm³/mol. The molecule has 0 fully saturated rings. The third-order valence-electron chi connectivity index (χ3n) is 2.24. The maximum atomic E-state index is 9.52. The lowest BCUT2D eigenvalue weighted by molar-refractivity contribution is 0.472. The van der Waals surface area contributed by atoms with Crippen LogP contribution in [0, 0.1) is 0 Å². The minimum atomic E-state index is 0.259. The third kappa shape index (κ3) is 2.74. The van der Waals surface area contributed by atoms with Gasteiger partial charge in [0.25, 0.3) is 0 Å². The molecule has 0 saturated carbocycles. The first-order chi connectivity index (χ1) is 7.75. The Labute approximate surface area is 103 Å². The summed E-state index contributed by atoms with van der Waals surface area (Å²) in [7, 11) is 0. The highest BCUT2D eigenvalue weighted by atomic mass is 79.9. The summed E-state index contributed by atoms with van der Waals surface area (Å²) in [6.45, 7) is 0. The molecule has 16 heavy (non-hydrogen) atoms. The molecule has 2 aromatic carbocycles. The highest BCUT2D eigenvalue weighted by Gasteiger charge is 1.96. The minimum absolute atomic E-state index is 0.259. The maximum absolute atomic E-state index is 9.52. The van der Waals surface area contributed by atoms with Crippen molar-refractivity contribution in [1.29, 1.82) is 0 Å². The molecule has 0 amide bonds. The van der Waals surface area contributed by atoms with Gasteiger partial charge in [0.1, 0.15) is 5.75 Å². The molecule has 0 aliphatic rings. The summed E-state index contributed by atoms with van der Waals surface area (Å²) >= 11 is 3.25. The summed E-state index contributed by atoms with van der Waals surface area (Å²) in [5.74, 6) is 0.259.